The highest BCUT2D eigenvalue weighted by atomic mass is 15.2. The van der Waals surface area contributed by atoms with Crippen molar-refractivity contribution in [3.05, 3.63) is 0 Å². The van der Waals surface area contributed by atoms with Crippen LogP contribution in [0.4, 0.5) is 0 Å². The highest BCUT2D eigenvalue weighted by Crippen LogP contribution is 2.33. The number of hydrogen-bond acceptors (Lipinski definition) is 3. The lowest BCUT2D eigenvalue weighted by atomic mass is 9.78. The van der Waals surface area contributed by atoms with Crippen LogP contribution in [0.15, 0.2) is 0 Å². The molecule has 0 aromatic rings. The Bertz CT molecular complexity index is 305. The normalized spacial score (nSPS) is 33.1. The van der Waals surface area contributed by atoms with Crippen LogP contribution in [-0.4, -0.2) is 36.6 Å². The summed E-state index contributed by atoms with van der Waals surface area (Å²) in [5, 5.41) is 12.7. The van der Waals surface area contributed by atoms with Crippen molar-refractivity contribution in [2.75, 3.05) is 20.1 Å². The topological polar surface area (TPSA) is 39.1 Å². The van der Waals surface area contributed by atoms with E-state index in [1.807, 2.05) is 7.05 Å². The van der Waals surface area contributed by atoms with Crippen molar-refractivity contribution < 1.29 is 0 Å². The zero-order chi connectivity index (χ0) is 13.0. The van der Waals surface area contributed by atoms with E-state index in [-0.39, 0.29) is 5.54 Å². The van der Waals surface area contributed by atoms with Crippen molar-refractivity contribution in [3.8, 4) is 6.07 Å². The molecule has 2 aliphatic carbocycles. The molecule has 0 heterocycles. The highest BCUT2D eigenvalue weighted by Gasteiger charge is 2.37. The molecule has 0 radical (unpaired) electrons. The Morgan fingerprint density at radius 3 is 2.61 bits per heavy atom. The van der Waals surface area contributed by atoms with Gasteiger partial charge in [-0.15, -0.1) is 0 Å². The second-order valence-electron chi connectivity index (χ2n) is 6.08. The van der Waals surface area contributed by atoms with Gasteiger partial charge in [0.25, 0.3) is 0 Å². The van der Waals surface area contributed by atoms with E-state index in [1.54, 1.807) is 0 Å². The molecular formula is C15H27N3. The van der Waals surface area contributed by atoms with Crippen molar-refractivity contribution in [1.82, 2.24) is 10.2 Å². The molecule has 2 rings (SSSR count). The van der Waals surface area contributed by atoms with Gasteiger partial charge in [-0.05, 0) is 58.0 Å². The average molecular weight is 249 g/mol. The largest absolute Gasteiger partial charge is 0.302 e. The molecular weight excluding hydrogens is 222 g/mol. The fraction of sp³-hybridized carbons (Fsp3) is 0.933. The smallest absolute Gasteiger partial charge is 0.108 e. The van der Waals surface area contributed by atoms with Crippen molar-refractivity contribution in [2.45, 2.75) is 63.5 Å². The van der Waals surface area contributed by atoms with Gasteiger partial charge in [-0.1, -0.05) is 13.3 Å². The van der Waals surface area contributed by atoms with Gasteiger partial charge in [-0.2, -0.15) is 5.26 Å². The summed E-state index contributed by atoms with van der Waals surface area (Å²) in [6, 6.07) is 3.13. The third-order valence-electron chi connectivity index (χ3n) is 5.06. The van der Waals surface area contributed by atoms with Crippen LogP contribution in [0.5, 0.6) is 0 Å². The van der Waals surface area contributed by atoms with E-state index in [1.165, 1.54) is 38.6 Å². The van der Waals surface area contributed by atoms with E-state index >= 15 is 0 Å². The molecule has 18 heavy (non-hydrogen) atoms. The summed E-state index contributed by atoms with van der Waals surface area (Å²) in [4.78, 5) is 2.63. The lowest BCUT2D eigenvalue weighted by Gasteiger charge is -2.43. The number of nitrogens with one attached hydrogen (secondary N) is 1. The maximum absolute atomic E-state index is 9.42. The van der Waals surface area contributed by atoms with Crippen LogP contribution in [0.1, 0.15) is 51.9 Å². The zero-order valence-corrected chi connectivity index (χ0v) is 11.9. The molecule has 0 aromatic carbocycles. The van der Waals surface area contributed by atoms with E-state index < -0.39 is 0 Å². The predicted molar refractivity (Wildman–Crippen MR) is 74.2 cm³/mol. The van der Waals surface area contributed by atoms with Crippen molar-refractivity contribution in [1.29, 1.82) is 5.26 Å². The molecule has 2 aliphatic rings. The second-order valence-corrected chi connectivity index (χ2v) is 6.08. The SMILES string of the molecule is CCN(CC1CCC1)C1CCCC(C#N)(NC)C1. The third kappa shape index (κ3) is 2.87. The molecule has 3 heteroatoms. The summed E-state index contributed by atoms with van der Waals surface area (Å²) >= 11 is 0. The summed E-state index contributed by atoms with van der Waals surface area (Å²) < 4.78 is 0. The Morgan fingerprint density at radius 1 is 1.33 bits per heavy atom. The standard InChI is InChI=1S/C15H27N3/c1-3-18(11-13-6-4-7-13)14-8-5-9-15(10-14,12-16)17-2/h13-14,17H,3-11H2,1-2H3. The first-order valence-corrected chi connectivity index (χ1v) is 7.57. The van der Waals surface area contributed by atoms with E-state index in [9.17, 15) is 5.26 Å². The third-order valence-corrected chi connectivity index (χ3v) is 5.06. The number of nitrogens with zero attached hydrogens (tertiary/aromatic N) is 2. The molecule has 0 spiro atoms. The zero-order valence-electron chi connectivity index (χ0n) is 11.9. The molecule has 2 saturated carbocycles. The van der Waals surface area contributed by atoms with Crippen LogP contribution in [0.2, 0.25) is 0 Å². The molecule has 1 N–H and O–H groups in total. The number of rotatable bonds is 5. The fourth-order valence-electron chi connectivity index (χ4n) is 3.49. The Hall–Kier alpha value is -0.590. The van der Waals surface area contributed by atoms with Crippen LogP contribution in [-0.2, 0) is 0 Å². The minimum absolute atomic E-state index is 0.268. The first-order valence-electron chi connectivity index (χ1n) is 7.57. The molecule has 0 saturated heterocycles. The Morgan fingerprint density at radius 2 is 2.11 bits per heavy atom. The Labute approximate surface area is 112 Å². The van der Waals surface area contributed by atoms with Gasteiger partial charge in [0, 0.05) is 12.6 Å². The minimum Gasteiger partial charge on any atom is -0.302 e. The number of hydrogen-bond donors (Lipinski definition) is 1. The molecule has 0 aromatic heterocycles. The van der Waals surface area contributed by atoms with Crippen LogP contribution < -0.4 is 5.32 Å². The predicted octanol–water partition coefficient (Wildman–Crippen LogP) is 2.53. The van der Waals surface area contributed by atoms with E-state index in [4.69, 9.17) is 0 Å². The maximum Gasteiger partial charge on any atom is 0.108 e. The van der Waals surface area contributed by atoms with E-state index in [0.29, 0.717) is 6.04 Å². The van der Waals surface area contributed by atoms with Gasteiger partial charge in [0.05, 0.1) is 6.07 Å². The fourth-order valence-corrected chi connectivity index (χ4v) is 3.49. The Balaban J connectivity index is 1.95. The average Bonchev–Trinajstić information content (AvgIpc) is 2.38. The second kappa shape index (κ2) is 6.04. The van der Waals surface area contributed by atoms with Gasteiger partial charge < -0.3 is 10.2 Å². The Kier molecular flexibility index (Phi) is 4.64. The first kappa shape index (κ1) is 13.8. The van der Waals surface area contributed by atoms with E-state index in [0.717, 1.165) is 25.3 Å². The number of nitriles is 1. The molecule has 0 bridgehead atoms. The molecule has 3 nitrogen and oxygen atoms in total. The summed E-state index contributed by atoms with van der Waals surface area (Å²) in [6.45, 7) is 4.65. The van der Waals surface area contributed by atoms with Gasteiger partial charge in [0.1, 0.15) is 5.54 Å². The summed E-state index contributed by atoms with van der Waals surface area (Å²) in [7, 11) is 1.94. The van der Waals surface area contributed by atoms with Gasteiger partial charge in [-0.3, -0.25) is 0 Å². The summed E-state index contributed by atoms with van der Waals surface area (Å²) in [5.74, 6) is 0.929. The monoisotopic (exact) mass is 249 g/mol. The van der Waals surface area contributed by atoms with Crippen molar-refractivity contribution in [2.24, 2.45) is 5.92 Å². The van der Waals surface area contributed by atoms with Crippen molar-refractivity contribution >= 4 is 0 Å². The van der Waals surface area contributed by atoms with Crippen LogP contribution in [0.3, 0.4) is 0 Å². The lowest BCUT2D eigenvalue weighted by molar-refractivity contribution is 0.0922. The lowest BCUT2D eigenvalue weighted by Crippen LogP contribution is -2.52. The molecule has 0 amide bonds. The summed E-state index contributed by atoms with van der Waals surface area (Å²) in [6.07, 6.45) is 8.72. The highest BCUT2D eigenvalue weighted by molar-refractivity contribution is 5.10. The molecule has 2 atom stereocenters. The quantitative estimate of drug-likeness (QED) is 0.814. The minimum atomic E-state index is -0.268. The van der Waals surface area contributed by atoms with Crippen molar-refractivity contribution in [3.63, 3.8) is 0 Å². The summed E-state index contributed by atoms with van der Waals surface area (Å²) in [5.41, 5.74) is -0.268. The van der Waals surface area contributed by atoms with Gasteiger partial charge >= 0.3 is 0 Å². The van der Waals surface area contributed by atoms with Crippen LogP contribution in [0.25, 0.3) is 0 Å². The van der Waals surface area contributed by atoms with Gasteiger partial charge in [-0.25, -0.2) is 0 Å². The molecule has 0 aliphatic heterocycles. The maximum atomic E-state index is 9.42. The van der Waals surface area contributed by atoms with Gasteiger partial charge in [0.15, 0.2) is 0 Å². The molecule has 2 unspecified atom stereocenters. The molecule has 102 valence electrons. The van der Waals surface area contributed by atoms with Crippen LogP contribution >= 0.6 is 0 Å². The first-order chi connectivity index (χ1) is 8.73. The van der Waals surface area contributed by atoms with E-state index in [2.05, 4.69) is 23.2 Å². The molecule has 2 fully saturated rings. The van der Waals surface area contributed by atoms with Crippen LogP contribution in [0, 0.1) is 17.2 Å². The van der Waals surface area contributed by atoms with Gasteiger partial charge in [0.2, 0.25) is 0 Å².